The van der Waals surface area contributed by atoms with E-state index in [1.807, 2.05) is 12.1 Å². The fourth-order valence-electron chi connectivity index (χ4n) is 4.44. The third-order valence-electron chi connectivity index (χ3n) is 5.96. The van der Waals surface area contributed by atoms with E-state index in [-0.39, 0.29) is 17.0 Å². The van der Waals surface area contributed by atoms with Crippen molar-refractivity contribution in [3.05, 3.63) is 56.2 Å². The molecule has 1 N–H and O–H groups in total. The van der Waals surface area contributed by atoms with Gasteiger partial charge in [0.25, 0.3) is 5.91 Å². The number of amides is 1. The number of likely N-dealkylation sites (N-methyl/N-ethyl adjacent to an activating group) is 1. The fourth-order valence-corrected chi connectivity index (χ4v) is 4.70. The first-order chi connectivity index (χ1) is 12.9. The van der Waals surface area contributed by atoms with Crippen LogP contribution in [0.2, 0.25) is 0 Å². The molecule has 1 aliphatic carbocycles. The molecular weight excluding hydrogens is 410 g/mol. The van der Waals surface area contributed by atoms with Crippen molar-refractivity contribution in [3.63, 3.8) is 0 Å². The highest BCUT2D eigenvalue weighted by molar-refractivity contribution is 9.10. The van der Waals surface area contributed by atoms with Gasteiger partial charge in [-0.1, -0.05) is 40.9 Å². The summed E-state index contributed by atoms with van der Waals surface area (Å²) in [6, 6.07) is 8.34. The van der Waals surface area contributed by atoms with Crippen molar-refractivity contribution in [1.29, 1.82) is 0 Å². The summed E-state index contributed by atoms with van der Waals surface area (Å²) in [6.07, 6.45) is 4.90. The van der Waals surface area contributed by atoms with Crippen molar-refractivity contribution in [2.24, 2.45) is 0 Å². The normalized spacial score (nSPS) is 18.6. The van der Waals surface area contributed by atoms with Gasteiger partial charge in [0.15, 0.2) is 5.69 Å². The molecule has 1 saturated carbocycles. The number of aromatic nitrogens is 2. The maximum atomic E-state index is 12.5. The Morgan fingerprint density at radius 2 is 1.81 bits per heavy atom. The maximum absolute atomic E-state index is 12.5. The number of hydrogen-bond donors (Lipinski definition) is 1. The Kier molecular flexibility index (Phi) is 4.58. The van der Waals surface area contributed by atoms with Gasteiger partial charge in [0.1, 0.15) is 5.82 Å². The molecule has 2 heterocycles. The summed E-state index contributed by atoms with van der Waals surface area (Å²) < 4.78 is 2.78. The number of carbonyl (C=O) groups is 1. The van der Waals surface area contributed by atoms with E-state index in [4.69, 9.17) is 0 Å². The lowest BCUT2D eigenvalue weighted by Crippen LogP contribution is -2.42. The first-order valence-electron chi connectivity index (χ1n) is 9.25. The summed E-state index contributed by atoms with van der Waals surface area (Å²) in [6.45, 7) is 1.07. The quantitative estimate of drug-likeness (QED) is 0.810. The Hall–Kier alpha value is -2.15. The Labute approximate surface area is 166 Å². The van der Waals surface area contributed by atoms with Crippen molar-refractivity contribution < 1.29 is 9.90 Å². The largest absolute Gasteiger partial charge is 0.501 e. The van der Waals surface area contributed by atoms with E-state index in [9.17, 15) is 14.7 Å². The van der Waals surface area contributed by atoms with Crippen LogP contribution in [0.4, 0.5) is 0 Å². The van der Waals surface area contributed by atoms with Crippen LogP contribution in [0, 0.1) is 0 Å². The van der Waals surface area contributed by atoms with Crippen molar-refractivity contribution in [2.75, 3.05) is 13.6 Å². The summed E-state index contributed by atoms with van der Waals surface area (Å²) in [7, 11) is 1.68. The molecule has 2 aromatic rings. The molecule has 1 fully saturated rings. The molecule has 6 nitrogen and oxygen atoms in total. The fraction of sp³-hybridized carbons (Fsp3) is 0.450. The van der Waals surface area contributed by atoms with Crippen LogP contribution in [0.15, 0.2) is 33.5 Å². The summed E-state index contributed by atoms with van der Waals surface area (Å²) in [5, 5.41) is 10.2. The van der Waals surface area contributed by atoms with Gasteiger partial charge in [-0.25, -0.2) is 0 Å². The minimum atomic E-state index is -0.719. The van der Waals surface area contributed by atoms with Crippen molar-refractivity contribution in [2.45, 2.75) is 44.1 Å². The molecule has 0 atom stereocenters. The van der Waals surface area contributed by atoms with Crippen LogP contribution in [0.5, 0.6) is 5.75 Å². The summed E-state index contributed by atoms with van der Waals surface area (Å²) in [5.41, 5.74) is 0.496. The Morgan fingerprint density at radius 3 is 2.48 bits per heavy atom. The molecule has 0 radical (unpaired) electrons. The number of aromatic hydroxyl groups is 1. The molecule has 0 bridgehead atoms. The highest BCUT2D eigenvalue weighted by Crippen LogP contribution is 2.44. The molecule has 27 heavy (non-hydrogen) atoms. The minimum Gasteiger partial charge on any atom is -0.501 e. The molecule has 7 heteroatoms. The Morgan fingerprint density at radius 1 is 1.15 bits per heavy atom. The van der Waals surface area contributed by atoms with Gasteiger partial charge in [0.05, 0.1) is 0 Å². The number of hydrogen-bond acceptors (Lipinski definition) is 4. The molecule has 1 aliphatic heterocycles. The highest BCUT2D eigenvalue weighted by atomic mass is 79.9. The number of nitrogens with zero attached hydrogens (tertiary/aromatic N) is 3. The van der Waals surface area contributed by atoms with E-state index in [0.29, 0.717) is 25.3 Å². The lowest BCUT2D eigenvalue weighted by Gasteiger charge is -2.33. The molecule has 0 saturated heterocycles. The van der Waals surface area contributed by atoms with Crippen molar-refractivity contribution >= 4 is 21.8 Å². The van der Waals surface area contributed by atoms with Gasteiger partial charge >= 0.3 is 5.56 Å². The zero-order chi connectivity index (χ0) is 19.2. The predicted octanol–water partition coefficient (Wildman–Crippen LogP) is 2.85. The standard InChI is InChI=1S/C20H22BrN3O3/c1-23-10-11-24-15(22-18(26)17(25)16(24)19(23)27)12-20(8-2-3-9-20)13-4-6-14(21)7-5-13/h4-7,25H,2-3,8-12H2,1H3. The maximum Gasteiger partial charge on any atom is 0.315 e. The number of carbonyl (C=O) groups excluding carboxylic acids is 1. The Bertz CT molecular complexity index is 946. The van der Waals surface area contributed by atoms with E-state index in [1.54, 1.807) is 11.6 Å². The molecule has 4 rings (SSSR count). The van der Waals surface area contributed by atoms with Gasteiger partial charge in [-0.3, -0.25) is 9.59 Å². The second-order valence-electron chi connectivity index (χ2n) is 7.58. The monoisotopic (exact) mass is 431 g/mol. The van der Waals surface area contributed by atoms with E-state index in [1.165, 1.54) is 10.5 Å². The van der Waals surface area contributed by atoms with Gasteiger partial charge < -0.3 is 14.6 Å². The second-order valence-corrected chi connectivity index (χ2v) is 8.50. The van der Waals surface area contributed by atoms with Gasteiger partial charge in [0, 0.05) is 36.4 Å². The average Bonchev–Trinajstić information content (AvgIpc) is 3.12. The zero-order valence-corrected chi connectivity index (χ0v) is 16.8. The van der Waals surface area contributed by atoms with E-state index < -0.39 is 11.3 Å². The first kappa shape index (κ1) is 18.2. The molecule has 142 valence electrons. The van der Waals surface area contributed by atoms with E-state index in [2.05, 4.69) is 33.0 Å². The van der Waals surface area contributed by atoms with E-state index >= 15 is 0 Å². The molecule has 2 aliphatic rings. The SMILES string of the molecule is CN1CCn2c(CC3(c4ccc(Br)cc4)CCCC3)nc(=O)c(O)c2C1=O. The molecule has 1 aromatic carbocycles. The molecule has 0 spiro atoms. The van der Waals surface area contributed by atoms with Gasteiger partial charge in [-0.2, -0.15) is 4.98 Å². The molecular formula is C20H22BrN3O3. The summed E-state index contributed by atoms with van der Waals surface area (Å²) in [5.74, 6) is -0.276. The van der Waals surface area contributed by atoms with Crippen LogP contribution in [0.25, 0.3) is 0 Å². The van der Waals surface area contributed by atoms with Crippen LogP contribution in [0.1, 0.15) is 47.6 Å². The number of benzene rings is 1. The Balaban J connectivity index is 1.82. The molecule has 0 unspecified atom stereocenters. The lowest BCUT2D eigenvalue weighted by atomic mass is 9.76. The smallest absolute Gasteiger partial charge is 0.315 e. The minimum absolute atomic E-state index is 0.0719. The predicted molar refractivity (Wildman–Crippen MR) is 105 cm³/mol. The second kappa shape index (κ2) is 6.78. The van der Waals surface area contributed by atoms with Gasteiger partial charge in [0.2, 0.25) is 5.75 Å². The van der Waals surface area contributed by atoms with Gasteiger partial charge in [-0.05, 0) is 30.5 Å². The van der Waals surface area contributed by atoms with Crippen LogP contribution in [-0.4, -0.2) is 39.1 Å². The third kappa shape index (κ3) is 3.08. The average molecular weight is 432 g/mol. The van der Waals surface area contributed by atoms with Crippen LogP contribution in [0.3, 0.4) is 0 Å². The lowest BCUT2D eigenvalue weighted by molar-refractivity contribution is 0.0737. The zero-order valence-electron chi connectivity index (χ0n) is 15.2. The topological polar surface area (TPSA) is 75.4 Å². The highest BCUT2D eigenvalue weighted by Gasteiger charge is 2.38. The van der Waals surface area contributed by atoms with Crippen molar-refractivity contribution in [3.8, 4) is 5.75 Å². The van der Waals surface area contributed by atoms with Gasteiger partial charge in [-0.15, -0.1) is 0 Å². The molecule has 1 aromatic heterocycles. The summed E-state index contributed by atoms with van der Waals surface area (Å²) in [4.78, 5) is 30.5. The number of fused-ring (bicyclic) bond motifs is 1. The van der Waals surface area contributed by atoms with Crippen molar-refractivity contribution in [1.82, 2.24) is 14.5 Å². The molecule has 1 amide bonds. The number of rotatable bonds is 3. The van der Waals surface area contributed by atoms with Crippen LogP contribution < -0.4 is 5.56 Å². The van der Waals surface area contributed by atoms with E-state index in [0.717, 1.165) is 30.2 Å². The third-order valence-corrected chi connectivity index (χ3v) is 6.49. The van der Waals surface area contributed by atoms with Crippen LogP contribution >= 0.6 is 15.9 Å². The number of halogens is 1. The summed E-state index contributed by atoms with van der Waals surface area (Å²) >= 11 is 3.49. The first-order valence-corrected chi connectivity index (χ1v) is 10.0. The van der Waals surface area contributed by atoms with Crippen LogP contribution in [-0.2, 0) is 18.4 Å².